The van der Waals surface area contributed by atoms with E-state index in [9.17, 15) is 9.59 Å². The molecule has 1 fully saturated rings. The Kier molecular flexibility index (Phi) is 3.70. The highest BCUT2D eigenvalue weighted by molar-refractivity contribution is 5.81. The number of nitrogens with one attached hydrogen (secondary N) is 3. The first-order chi connectivity index (χ1) is 6.22. The maximum atomic E-state index is 11.1. The predicted molar refractivity (Wildman–Crippen MR) is 48.1 cm³/mol. The van der Waals surface area contributed by atoms with E-state index in [1.807, 2.05) is 0 Å². The Balaban J connectivity index is 1.97. The fourth-order valence-electron chi connectivity index (χ4n) is 0.884. The summed E-state index contributed by atoms with van der Waals surface area (Å²) in [6.45, 7) is 0.401. The third-order valence-corrected chi connectivity index (χ3v) is 1.79. The minimum atomic E-state index is -0.112. The van der Waals surface area contributed by atoms with Crippen molar-refractivity contribution in [1.82, 2.24) is 16.0 Å². The van der Waals surface area contributed by atoms with Crippen molar-refractivity contribution in [1.29, 1.82) is 0 Å². The maximum absolute atomic E-state index is 11.1. The lowest BCUT2D eigenvalue weighted by atomic mass is 10.5. The maximum Gasteiger partial charge on any atom is 0.234 e. The molecule has 0 radical (unpaired) electrons. The van der Waals surface area contributed by atoms with Crippen LogP contribution >= 0.6 is 0 Å². The first kappa shape index (κ1) is 9.98. The van der Waals surface area contributed by atoms with E-state index in [1.54, 1.807) is 7.05 Å². The van der Waals surface area contributed by atoms with Crippen molar-refractivity contribution < 1.29 is 9.59 Å². The van der Waals surface area contributed by atoms with Crippen LogP contribution in [0.1, 0.15) is 12.8 Å². The number of amides is 2. The standard InChI is InChI=1S/C8H15N3O2/c1-9-7(12)4-10-5-8(13)11-6-2-3-6/h6,10H,2-5H2,1H3,(H,9,12)(H,11,13). The van der Waals surface area contributed by atoms with Crippen LogP contribution in [-0.4, -0.2) is 38.0 Å². The van der Waals surface area contributed by atoms with Crippen LogP contribution in [0.25, 0.3) is 0 Å². The SMILES string of the molecule is CNC(=O)CNCC(=O)NC1CC1. The summed E-state index contributed by atoms with van der Waals surface area (Å²) < 4.78 is 0. The first-order valence-electron chi connectivity index (χ1n) is 4.43. The zero-order chi connectivity index (χ0) is 9.68. The van der Waals surface area contributed by atoms with Gasteiger partial charge in [0.25, 0.3) is 0 Å². The van der Waals surface area contributed by atoms with Gasteiger partial charge >= 0.3 is 0 Å². The summed E-state index contributed by atoms with van der Waals surface area (Å²) in [6.07, 6.45) is 2.17. The zero-order valence-electron chi connectivity index (χ0n) is 7.72. The van der Waals surface area contributed by atoms with E-state index >= 15 is 0 Å². The molecule has 0 bridgehead atoms. The van der Waals surface area contributed by atoms with Gasteiger partial charge in [0.1, 0.15) is 0 Å². The Morgan fingerprint density at radius 3 is 2.38 bits per heavy atom. The number of likely N-dealkylation sites (N-methyl/N-ethyl adjacent to an activating group) is 1. The van der Waals surface area contributed by atoms with E-state index in [2.05, 4.69) is 16.0 Å². The van der Waals surface area contributed by atoms with E-state index in [0.717, 1.165) is 12.8 Å². The third-order valence-electron chi connectivity index (χ3n) is 1.79. The Morgan fingerprint density at radius 1 is 1.23 bits per heavy atom. The van der Waals surface area contributed by atoms with Crippen molar-refractivity contribution in [3.8, 4) is 0 Å². The zero-order valence-corrected chi connectivity index (χ0v) is 7.72. The average Bonchev–Trinajstić information content (AvgIpc) is 2.88. The van der Waals surface area contributed by atoms with Gasteiger partial charge in [0.2, 0.25) is 11.8 Å². The number of carbonyl (C=O) groups is 2. The van der Waals surface area contributed by atoms with Gasteiger partial charge in [-0.2, -0.15) is 0 Å². The molecule has 0 heterocycles. The molecule has 0 aromatic rings. The van der Waals surface area contributed by atoms with Crippen LogP contribution in [-0.2, 0) is 9.59 Å². The lowest BCUT2D eigenvalue weighted by Gasteiger charge is -2.04. The van der Waals surface area contributed by atoms with Gasteiger partial charge in [0.05, 0.1) is 13.1 Å². The first-order valence-corrected chi connectivity index (χ1v) is 4.43. The lowest BCUT2D eigenvalue weighted by molar-refractivity contribution is -0.121. The lowest BCUT2D eigenvalue weighted by Crippen LogP contribution is -2.39. The van der Waals surface area contributed by atoms with Crippen LogP contribution in [0.5, 0.6) is 0 Å². The molecule has 0 unspecified atom stereocenters. The third kappa shape index (κ3) is 4.47. The minimum Gasteiger partial charge on any atom is -0.358 e. The second kappa shape index (κ2) is 4.81. The molecule has 74 valence electrons. The molecule has 1 aliphatic rings. The van der Waals surface area contributed by atoms with Crippen LogP contribution in [0, 0.1) is 0 Å². The highest BCUT2D eigenvalue weighted by Crippen LogP contribution is 2.17. The Bertz CT molecular complexity index is 202. The second-order valence-electron chi connectivity index (χ2n) is 3.12. The fourth-order valence-corrected chi connectivity index (χ4v) is 0.884. The van der Waals surface area contributed by atoms with Crippen LogP contribution in [0.4, 0.5) is 0 Å². The molecule has 0 aromatic heterocycles. The molecule has 3 N–H and O–H groups in total. The number of hydrogen-bond donors (Lipinski definition) is 3. The van der Waals surface area contributed by atoms with E-state index in [4.69, 9.17) is 0 Å². The molecule has 5 nitrogen and oxygen atoms in total. The van der Waals surface area contributed by atoms with E-state index in [-0.39, 0.29) is 24.9 Å². The summed E-state index contributed by atoms with van der Waals surface area (Å²) in [7, 11) is 1.56. The summed E-state index contributed by atoms with van der Waals surface area (Å²) >= 11 is 0. The van der Waals surface area contributed by atoms with Gasteiger partial charge in [-0.1, -0.05) is 0 Å². The van der Waals surface area contributed by atoms with Crippen molar-refractivity contribution in [2.24, 2.45) is 0 Å². The van der Waals surface area contributed by atoms with Crippen molar-refractivity contribution in [3.05, 3.63) is 0 Å². The predicted octanol–water partition coefficient (Wildman–Crippen LogP) is -1.40. The van der Waals surface area contributed by atoms with Crippen molar-refractivity contribution in [3.63, 3.8) is 0 Å². The molecule has 1 aliphatic carbocycles. The van der Waals surface area contributed by atoms with Gasteiger partial charge in [0.15, 0.2) is 0 Å². The number of carbonyl (C=O) groups excluding carboxylic acids is 2. The van der Waals surface area contributed by atoms with Crippen LogP contribution in [0.2, 0.25) is 0 Å². The summed E-state index contributed by atoms with van der Waals surface area (Å²) in [6, 6.07) is 0.384. The van der Waals surface area contributed by atoms with Crippen molar-refractivity contribution in [2.45, 2.75) is 18.9 Å². The van der Waals surface area contributed by atoms with E-state index in [0.29, 0.717) is 6.04 Å². The summed E-state index contributed by atoms with van der Waals surface area (Å²) in [5.74, 6) is -0.148. The van der Waals surface area contributed by atoms with Crippen LogP contribution in [0.3, 0.4) is 0 Å². The van der Waals surface area contributed by atoms with Gasteiger partial charge in [-0.05, 0) is 12.8 Å². The highest BCUT2D eigenvalue weighted by atomic mass is 16.2. The van der Waals surface area contributed by atoms with Crippen molar-refractivity contribution >= 4 is 11.8 Å². The van der Waals surface area contributed by atoms with Crippen molar-refractivity contribution in [2.75, 3.05) is 20.1 Å². The smallest absolute Gasteiger partial charge is 0.234 e. The topological polar surface area (TPSA) is 70.2 Å². The van der Waals surface area contributed by atoms with Gasteiger partial charge in [-0.25, -0.2) is 0 Å². The summed E-state index contributed by atoms with van der Waals surface area (Å²) in [5.41, 5.74) is 0. The van der Waals surface area contributed by atoms with Gasteiger partial charge in [-0.3, -0.25) is 14.9 Å². The monoisotopic (exact) mass is 185 g/mol. The second-order valence-corrected chi connectivity index (χ2v) is 3.12. The van der Waals surface area contributed by atoms with Gasteiger partial charge in [-0.15, -0.1) is 0 Å². The molecule has 0 spiro atoms. The molecule has 2 amide bonds. The molecule has 0 aromatic carbocycles. The van der Waals surface area contributed by atoms with Crippen LogP contribution < -0.4 is 16.0 Å². The molecule has 0 atom stereocenters. The average molecular weight is 185 g/mol. The molecule has 1 rings (SSSR count). The molecule has 1 saturated carbocycles. The Morgan fingerprint density at radius 2 is 1.85 bits per heavy atom. The minimum absolute atomic E-state index is 0.0357. The quantitative estimate of drug-likeness (QED) is 0.493. The number of hydrogen-bond acceptors (Lipinski definition) is 3. The van der Waals surface area contributed by atoms with Crippen LogP contribution in [0.15, 0.2) is 0 Å². The molecule has 0 saturated heterocycles. The van der Waals surface area contributed by atoms with Gasteiger partial charge in [0, 0.05) is 13.1 Å². The molecular formula is C8H15N3O2. The van der Waals surface area contributed by atoms with E-state index in [1.165, 1.54) is 0 Å². The Hall–Kier alpha value is -1.10. The summed E-state index contributed by atoms with van der Waals surface area (Å²) in [4.78, 5) is 21.8. The Labute approximate surface area is 77.3 Å². The largest absolute Gasteiger partial charge is 0.358 e. The molecule has 0 aliphatic heterocycles. The highest BCUT2D eigenvalue weighted by Gasteiger charge is 2.22. The van der Waals surface area contributed by atoms with E-state index < -0.39 is 0 Å². The normalized spacial score (nSPS) is 15.2. The molecular weight excluding hydrogens is 170 g/mol. The molecule has 13 heavy (non-hydrogen) atoms. The fraction of sp³-hybridized carbons (Fsp3) is 0.750. The van der Waals surface area contributed by atoms with Gasteiger partial charge < -0.3 is 10.6 Å². The summed E-state index contributed by atoms with van der Waals surface area (Å²) in [5, 5.41) is 8.02. The number of rotatable bonds is 5. The molecule has 5 heteroatoms.